The smallest absolute Gasteiger partial charge is 0.322 e. The molecule has 0 amide bonds. The Kier molecular flexibility index (Phi) is 7.29. The van der Waals surface area contributed by atoms with Gasteiger partial charge in [-0.05, 0) is 50.1 Å². The Labute approximate surface area is 184 Å². The fourth-order valence-electron chi connectivity index (χ4n) is 3.14. The first-order chi connectivity index (χ1) is 14.4. The number of nitrogens with one attached hydrogen (secondary N) is 1. The number of benzene rings is 2. The molecule has 0 aliphatic rings. The van der Waals surface area contributed by atoms with Crippen LogP contribution in [0.5, 0.6) is 0 Å². The molecule has 3 rings (SSSR count). The summed E-state index contributed by atoms with van der Waals surface area (Å²) in [7, 11) is 0. The largest absolute Gasteiger partial charge is 0.465 e. The minimum atomic E-state index is -1.20. The highest BCUT2D eigenvalue weighted by molar-refractivity contribution is 7.22. The zero-order valence-corrected chi connectivity index (χ0v) is 18.5. The van der Waals surface area contributed by atoms with Crippen LogP contribution in [0.2, 0.25) is 5.02 Å². The van der Waals surface area contributed by atoms with Crippen LogP contribution in [0.15, 0.2) is 42.5 Å². The molecule has 0 radical (unpaired) electrons. The lowest BCUT2D eigenvalue weighted by Crippen LogP contribution is -2.36. The lowest BCUT2D eigenvalue weighted by Gasteiger charge is -2.25. The molecule has 1 unspecified atom stereocenters. The first-order valence-electron chi connectivity index (χ1n) is 9.66. The molecule has 6 nitrogen and oxygen atoms in total. The van der Waals surface area contributed by atoms with Crippen molar-refractivity contribution < 1.29 is 19.1 Å². The van der Waals surface area contributed by atoms with Crippen molar-refractivity contribution in [3.63, 3.8) is 0 Å². The summed E-state index contributed by atoms with van der Waals surface area (Å²) in [6.07, 6.45) is 0. The lowest BCUT2D eigenvalue weighted by molar-refractivity contribution is -0.162. The molecular formula is C22H23ClN2O4S. The van der Waals surface area contributed by atoms with Gasteiger partial charge in [-0.1, -0.05) is 47.2 Å². The molecule has 2 aromatic carbocycles. The second kappa shape index (κ2) is 9.91. The monoisotopic (exact) mass is 446 g/mol. The minimum Gasteiger partial charge on any atom is -0.465 e. The van der Waals surface area contributed by atoms with Crippen LogP contribution in [0, 0.1) is 12.8 Å². The van der Waals surface area contributed by atoms with Gasteiger partial charge in [0.1, 0.15) is 0 Å². The highest BCUT2D eigenvalue weighted by atomic mass is 35.5. The van der Waals surface area contributed by atoms with Crippen molar-refractivity contribution in [3.8, 4) is 0 Å². The van der Waals surface area contributed by atoms with Gasteiger partial charge in [0.25, 0.3) is 0 Å². The molecule has 30 heavy (non-hydrogen) atoms. The third kappa shape index (κ3) is 4.91. The van der Waals surface area contributed by atoms with Crippen molar-refractivity contribution in [2.75, 3.05) is 18.5 Å². The predicted octanol–water partition coefficient (Wildman–Crippen LogP) is 5.15. The Hall–Kier alpha value is -2.64. The molecule has 0 aliphatic heterocycles. The summed E-state index contributed by atoms with van der Waals surface area (Å²) in [4.78, 5) is 30.2. The molecule has 0 saturated carbocycles. The van der Waals surface area contributed by atoms with E-state index in [4.69, 9.17) is 21.1 Å². The molecule has 0 spiro atoms. The van der Waals surface area contributed by atoms with E-state index in [1.807, 2.05) is 25.1 Å². The standard InChI is InChI=1S/C22H23ClN2O4S/c1-4-28-20(26)17(21(27)29-5-2)19(14-9-11-15(23)12-10-14)25-22-24-18-13(3)7-6-8-16(18)30-22/h6-12,17,19H,4-5H2,1-3H3,(H,24,25). The topological polar surface area (TPSA) is 77.5 Å². The number of fused-ring (bicyclic) bond motifs is 1. The lowest BCUT2D eigenvalue weighted by atomic mass is 9.93. The number of esters is 2. The second-order valence-electron chi connectivity index (χ2n) is 6.60. The number of carbonyl (C=O) groups excluding carboxylic acids is 2. The van der Waals surface area contributed by atoms with Gasteiger partial charge in [0, 0.05) is 5.02 Å². The van der Waals surface area contributed by atoms with Crippen molar-refractivity contribution in [1.29, 1.82) is 0 Å². The fraction of sp³-hybridized carbons (Fsp3) is 0.318. The average molecular weight is 447 g/mol. The number of hydrogen-bond donors (Lipinski definition) is 1. The van der Waals surface area contributed by atoms with Crippen molar-refractivity contribution in [3.05, 3.63) is 58.6 Å². The molecule has 1 heterocycles. The maximum atomic E-state index is 12.8. The zero-order chi connectivity index (χ0) is 21.7. The molecule has 0 saturated heterocycles. The Morgan fingerprint density at radius 2 is 1.70 bits per heavy atom. The highest BCUT2D eigenvalue weighted by Gasteiger charge is 2.39. The summed E-state index contributed by atoms with van der Waals surface area (Å²) >= 11 is 7.49. The van der Waals surface area contributed by atoms with Gasteiger partial charge in [0.15, 0.2) is 11.0 Å². The van der Waals surface area contributed by atoms with E-state index in [9.17, 15) is 9.59 Å². The molecule has 3 aromatic rings. The second-order valence-corrected chi connectivity index (χ2v) is 8.06. The summed E-state index contributed by atoms with van der Waals surface area (Å²) in [6.45, 7) is 5.69. The number of aromatic nitrogens is 1. The van der Waals surface area contributed by atoms with Crippen LogP contribution in [-0.2, 0) is 19.1 Å². The van der Waals surface area contributed by atoms with Crippen LogP contribution in [0.1, 0.15) is 31.0 Å². The molecule has 1 aromatic heterocycles. The maximum Gasteiger partial charge on any atom is 0.322 e. The number of nitrogens with zero attached hydrogens (tertiary/aromatic N) is 1. The average Bonchev–Trinajstić information content (AvgIpc) is 3.13. The van der Waals surface area contributed by atoms with Gasteiger partial charge in [0.2, 0.25) is 0 Å². The van der Waals surface area contributed by atoms with Crippen LogP contribution in [0.25, 0.3) is 10.2 Å². The van der Waals surface area contributed by atoms with Crippen LogP contribution in [0.4, 0.5) is 5.13 Å². The van der Waals surface area contributed by atoms with Crippen LogP contribution in [-0.4, -0.2) is 30.1 Å². The van der Waals surface area contributed by atoms with Gasteiger partial charge >= 0.3 is 11.9 Å². The number of rotatable bonds is 8. The number of ether oxygens (including phenoxy) is 2. The van der Waals surface area contributed by atoms with Crippen LogP contribution < -0.4 is 5.32 Å². The molecular weight excluding hydrogens is 424 g/mol. The van der Waals surface area contributed by atoms with Crippen molar-refractivity contribution in [1.82, 2.24) is 4.98 Å². The highest BCUT2D eigenvalue weighted by Crippen LogP contribution is 2.34. The van der Waals surface area contributed by atoms with Gasteiger partial charge in [-0.15, -0.1) is 0 Å². The Morgan fingerprint density at radius 1 is 1.07 bits per heavy atom. The molecule has 0 aliphatic carbocycles. The van der Waals surface area contributed by atoms with E-state index in [1.165, 1.54) is 11.3 Å². The maximum absolute atomic E-state index is 12.8. The zero-order valence-electron chi connectivity index (χ0n) is 17.0. The summed E-state index contributed by atoms with van der Waals surface area (Å²) in [5.74, 6) is -2.50. The molecule has 158 valence electrons. The first kappa shape index (κ1) is 22.1. The summed E-state index contributed by atoms with van der Waals surface area (Å²) in [5, 5.41) is 4.42. The van der Waals surface area contributed by atoms with Crippen LogP contribution >= 0.6 is 22.9 Å². The predicted molar refractivity (Wildman–Crippen MR) is 119 cm³/mol. The quantitative estimate of drug-likeness (QED) is 0.380. The van der Waals surface area contributed by atoms with Gasteiger partial charge in [-0.25, -0.2) is 4.98 Å². The third-order valence-electron chi connectivity index (χ3n) is 4.54. The van der Waals surface area contributed by atoms with Crippen molar-refractivity contribution in [2.45, 2.75) is 26.8 Å². The van der Waals surface area contributed by atoms with Crippen LogP contribution in [0.3, 0.4) is 0 Å². The van der Waals surface area contributed by atoms with E-state index in [-0.39, 0.29) is 13.2 Å². The Balaban J connectivity index is 2.05. The van der Waals surface area contributed by atoms with Crippen molar-refractivity contribution in [2.24, 2.45) is 5.92 Å². The molecule has 8 heteroatoms. The number of hydrogen-bond acceptors (Lipinski definition) is 7. The molecule has 0 bridgehead atoms. The van der Waals surface area contributed by atoms with Gasteiger partial charge < -0.3 is 14.8 Å². The van der Waals surface area contributed by atoms with E-state index in [0.717, 1.165) is 15.8 Å². The normalized spacial score (nSPS) is 12.0. The van der Waals surface area contributed by atoms with Gasteiger partial charge in [-0.2, -0.15) is 0 Å². The first-order valence-corrected chi connectivity index (χ1v) is 10.9. The fourth-order valence-corrected chi connectivity index (χ4v) is 4.25. The summed E-state index contributed by atoms with van der Waals surface area (Å²) < 4.78 is 11.4. The Morgan fingerprint density at radius 3 is 2.27 bits per heavy atom. The molecule has 1 atom stereocenters. The summed E-state index contributed by atoms with van der Waals surface area (Å²) in [6, 6.07) is 12.2. The number of thiazole rings is 1. The van der Waals surface area contributed by atoms with E-state index >= 15 is 0 Å². The minimum absolute atomic E-state index is 0.155. The number of anilines is 1. The van der Waals surface area contributed by atoms with E-state index in [2.05, 4.69) is 10.3 Å². The molecule has 1 N–H and O–H groups in total. The number of aryl methyl sites for hydroxylation is 1. The SMILES string of the molecule is CCOC(=O)C(C(=O)OCC)C(Nc1nc2c(C)cccc2s1)c1ccc(Cl)cc1. The van der Waals surface area contributed by atoms with Gasteiger partial charge in [-0.3, -0.25) is 9.59 Å². The van der Waals surface area contributed by atoms with E-state index in [0.29, 0.717) is 15.7 Å². The number of carbonyl (C=O) groups is 2. The van der Waals surface area contributed by atoms with E-state index in [1.54, 1.807) is 38.1 Å². The molecule has 0 fully saturated rings. The number of halogens is 1. The third-order valence-corrected chi connectivity index (χ3v) is 5.75. The Bertz CT molecular complexity index is 1020. The summed E-state index contributed by atoms with van der Waals surface area (Å²) in [5.41, 5.74) is 2.62. The number of para-hydroxylation sites is 1. The van der Waals surface area contributed by atoms with Gasteiger partial charge in [0.05, 0.1) is 29.5 Å². The van der Waals surface area contributed by atoms with Crippen molar-refractivity contribution >= 4 is 50.2 Å². The van der Waals surface area contributed by atoms with E-state index < -0.39 is 23.9 Å².